The Balaban J connectivity index is 2.03. The number of fused-ring (bicyclic) bond motifs is 1. The summed E-state index contributed by atoms with van der Waals surface area (Å²) in [5, 5.41) is 7.34. The Bertz CT molecular complexity index is 1010. The number of aromatic amines is 1. The molecule has 1 aromatic carbocycles. The first-order valence-corrected chi connectivity index (χ1v) is 7.51. The third-order valence-corrected chi connectivity index (χ3v) is 4.47. The number of nitrogens with zero attached hydrogens (tertiary/aromatic N) is 3. The number of hydrogen-bond acceptors (Lipinski definition) is 6. The van der Waals surface area contributed by atoms with E-state index >= 15 is 0 Å². The van der Waals surface area contributed by atoms with Gasteiger partial charge in [-0.05, 0) is 29.7 Å². The highest BCUT2D eigenvalue weighted by molar-refractivity contribution is 7.14. The molecule has 0 bridgehead atoms. The van der Waals surface area contributed by atoms with E-state index in [2.05, 4.69) is 19.6 Å². The highest BCUT2D eigenvalue weighted by Crippen LogP contribution is 2.39. The molecule has 0 spiro atoms. The van der Waals surface area contributed by atoms with E-state index in [0.717, 1.165) is 15.8 Å². The van der Waals surface area contributed by atoms with Crippen molar-refractivity contribution in [1.29, 1.82) is 0 Å². The Hall–Kier alpha value is -3.00. The van der Waals surface area contributed by atoms with Crippen molar-refractivity contribution < 1.29 is 4.39 Å². The lowest BCUT2D eigenvalue weighted by Gasteiger charge is -2.08. The van der Waals surface area contributed by atoms with Crippen LogP contribution in [-0.4, -0.2) is 19.6 Å². The molecular formula is C15H11FN6S. The molecule has 4 rings (SSSR count). The number of nitrogens with two attached hydrogens (primary N) is 2. The van der Waals surface area contributed by atoms with Gasteiger partial charge in [0.05, 0.1) is 22.0 Å². The molecule has 0 radical (unpaired) electrons. The zero-order valence-electron chi connectivity index (χ0n) is 11.7. The molecule has 0 unspecified atom stereocenters. The summed E-state index contributed by atoms with van der Waals surface area (Å²) in [5.41, 5.74) is 14.5. The first-order chi connectivity index (χ1) is 11.1. The molecule has 0 atom stereocenters. The predicted octanol–water partition coefficient (Wildman–Crippen LogP) is 3.05. The van der Waals surface area contributed by atoms with Crippen LogP contribution in [0.2, 0.25) is 0 Å². The average molecular weight is 326 g/mol. The summed E-state index contributed by atoms with van der Waals surface area (Å²) in [6.45, 7) is 0. The molecule has 3 aromatic heterocycles. The molecule has 0 amide bonds. The average Bonchev–Trinajstić information content (AvgIpc) is 3.17. The van der Waals surface area contributed by atoms with Crippen LogP contribution in [0.1, 0.15) is 0 Å². The van der Waals surface area contributed by atoms with Crippen molar-refractivity contribution >= 4 is 33.1 Å². The van der Waals surface area contributed by atoms with Gasteiger partial charge in [0.25, 0.3) is 0 Å². The number of pyridine rings is 1. The van der Waals surface area contributed by atoms with Gasteiger partial charge in [0.2, 0.25) is 0 Å². The topological polar surface area (TPSA) is 106 Å². The van der Waals surface area contributed by atoms with Gasteiger partial charge in [-0.1, -0.05) is 0 Å². The number of benzene rings is 1. The van der Waals surface area contributed by atoms with Crippen molar-refractivity contribution in [3.63, 3.8) is 0 Å². The highest BCUT2D eigenvalue weighted by Gasteiger charge is 2.19. The predicted molar refractivity (Wildman–Crippen MR) is 89.2 cm³/mol. The highest BCUT2D eigenvalue weighted by atomic mass is 32.1. The third kappa shape index (κ3) is 2.11. The largest absolute Gasteiger partial charge is 0.399 e. The van der Waals surface area contributed by atoms with Crippen LogP contribution in [0, 0.1) is 5.82 Å². The molecule has 0 aliphatic heterocycles. The number of halogens is 1. The second kappa shape index (κ2) is 5.03. The fraction of sp³-hybridized carbons (Fsp3) is 0. The van der Waals surface area contributed by atoms with Gasteiger partial charge in [0, 0.05) is 34.8 Å². The molecule has 0 aliphatic rings. The van der Waals surface area contributed by atoms with Gasteiger partial charge < -0.3 is 11.5 Å². The van der Waals surface area contributed by atoms with Crippen molar-refractivity contribution in [2.24, 2.45) is 0 Å². The van der Waals surface area contributed by atoms with Crippen LogP contribution in [0.3, 0.4) is 0 Å². The number of anilines is 2. The van der Waals surface area contributed by atoms with Crippen molar-refractivity contribution in [3.05, 3.63) is 42.6 Å². The molecule has 0 fully saturated rings. The Morgan fingerprint density at radius 1 is 1.13 bits per heavy atom. The van der Waals surface area contributed by atoms with Crippen molar-refractivity contribution in [1.82, 2.24) is 19.6 Å². The van der Waals surface area contributed by atoms with Crippen LogP contribution in [0.5, 0.6) is 0 Å². The van der Waals surface area contributed by atoms with Crippen LogP contribution in [-0.2, 0) is 0 Å². The molecule has 5 N–H and O–H groups in total. The lowest BCUT2D eigenvalue weighted by atomic mass is 10.0. The Morgan fingerprint density at radius 3 is 2.74 bits per heavy atom. The van der Waals surface area contributed by atoms with Gasteiger partial charge in [-0.3, -0.25) is 10.1 Å². The summed E-state index contributed by atoms with van der Waals surface area (Å²) in [4.78, 5) is 4.42. The lowest BCUT2D eigenvalue weighted by Crippen LogP contribution is -1.94. The molecule has 3 heterocycles. The van der Waals surface area contributed by atoms with Crippen molar-refractivity contribution in [3.8, 4) is 22.4 Å². The van der Waals surface area contributed by atoms with E-state index < -0.39 is 5.82 Å². The van der Waals surface area contributed by atoms with E-state index in [-0.39, 0.29) is 0 Å². The summed E-state index contributed by atoms with van der Waals surface area (Å²) in [6.07, 6.45) is 5.13. The number of nitrogens with one attached hydrogen (secondary N) is 1. The minimum atomic E-state index is -0.444. The Labute approximate surface area is 134 Å². The van der Waals surface area contributed by atoms with Gasteiger partial charge in [0.15, 0.2) is 0 Å². The van der Waals surface area contributed by atoms with Crippen LogP contribution < -0.4 is 11.5 Å². The van der Waals surface area contributed by atoms with Gasteiger partial charge >= 0.3 is 0 Å². The van der Waals surface area contributed by atoms with E-state index in [4.69, 9.17) is 11.5 Å². The van der Waals surface area contributed by atoms with Gasteiger partial charge in [-0.15, -0.1) is 0 Å². The third-order valence-electron chi connectivity index (χ3n) is 3.58. The standard InChI is InChI=1S/C15H11FN6S/c16-11-3-8(17)1-2-9(11)13-12-14(23-22-15(12)18)10(6-19-13)7-4-20-21-5-7/h1-6H,17H2,(H2,18,22)(H,20,21). The minimum absolute atomic E-state index is 0.328. The first-order valence-electron chi connectivity index (χ1n) is 6.73. The summed E-state index contributed by atoms with van der Waals surface area (Å²) in [6, 6.07) is 4.50. The van der Waals surface area contributed by atoms with Crippen LogP contribution in [0.25, 0.3) is 32.5 Å². The normalized spacial score (nSPS) is 11.2. The molecule has 23 heavy (non-hydrogen) atoms. The number of H-pyrrole nitrogens is 1. The van der Waals surface area contributed by atoms with E-state index in [0.29, 0.717) is 28.1 Å². The maximum absolute atomic E-state index is 14.3. The van der Waals surface area contributed by atoms with Gasteiger partial charge in [0.1, 0.15) is 11.6 Å². The monoisotopic (exact) mass is 326 g/mol. The lowest BCUT2D eigenvalue weighted by molar-refractivity contribution is 0.631. The summed E-state index contributed by atoms with van der Waals surface area (Å²) in [7, 11) is 0. The molecule has 8 heteroatoms. The SMILES string of the molecule is Nc1ccc(-c2ncc(-c3cn[nH]c3)c3snc(N)c23)c(F)c1. The van der Waals surface area contributed by atoms with E-state index in [1.165, 1.54) is 17.6 Å². The number of rotatable bonds is 2. The molecular weight excluding hydrogens is 315 g/mol. The summed E-state index contributed by atoms with van der Waals surface area (Å²) in [5.74, 6) is -0.116. The molecule has 0 saturated heterocycles. The van der Waals surface area contributed by atoms with Crippen molar-refractivity contribution in [2.45, 2.75) is 0 Å². The fourth-order valence-electron chi connectivity index (χ4n) is 2.50. The summed E-state index contributed by atoms with van der Waals surface area (Å²) < 4.78 is 19.3. The van der Waals surface area contributed by atoms with Crippen molar-refractivity contribution in [2.75, 3.05) is 11.5 Å². The molecule has 114 valence electrons. The van der Waals surface area contributed by atoms with Crippen LogP contribution in [0.4, 0.5) is 15.9 Å². The van der Waals surface area contributed by atoms with E-state index in [1.54, 1.807) is 30.7 Å². The minimum Gasteiger partial charge on any atom is -0.399 e. The second-order valence-electron chi connectivity index (χ2n) is 5.02. The fourth-order valence-corrected chi connectivity index (χ4v) is 3.34. The Kier molecular flexibility index (Phi) is 2.98. The Morgan fingerprint density at radius 2 is 2.00 bits per heavy atom. The maximum Gasteiger partial charge on any atom is 0.147 e. The zero-order valence-corrected chi connectivity index (χ0v) is 12.6. The number of nitrogen functional groups attached to an aromatic ring is 2. The first kappa shape index (κ1) is 13.6. The molecule has 0 saturated carbocycles. The number of aromatic nitrogens is 4. The van der Waals surface area contributed by atoms with E-state index in [9.17, 15) is 4.39 Å². The van der Waals surface area contributed by atoms with Gasteiger partial charge in [-0.25, -0.2) is 4.39 Å². The zero-order chi connectivity index (χ0) is 16.0. The van der Waals surface area contributed by atoms with Crippen LogP contribution in [0.15, 0.2) is 36.8 Å². The maximum atomic E-state index is 14.3. The smallest absolute Gasteiger partial charge is 0.147 e. The molecule has 6 nitrogen and oxygen atoms in total. The quantitative estimate of drug-likeness (QED) is 0.491. The second-order valence-corrected chi connectivity index (χ2v) is 5.79. The van der Waals surface area contributed by atoms with E-state index in [1.807, 2.05) is 0 Å². The van der Waals surface area contributed by atoms with Crippen LogP contribution >= 0.6 is 11.5 Å². The molecule has 4 aromatic rings. The van der Waals surface area contributed by atoms with Gasteiger partial charge in [-0.2, -0.15) is 9.47 Å². The molecule has 0 aliphatic carbocycles. The summed E-state index contributed by atoms with van der Waals surface area (Å²) >= 11 is 1.25. The number of hydrogen-bond donors (Lipinski definition) is 3.